The van der Waals surface area contributed by atoms with Gasteiger partial charge in [-0.2, -0.15) is 4.31 Å². The molecule has 3 rings (SSSR count). The summed E-state index contributed by atoms with van der Waals surface area (Å²) in [5.74, 6) is -0.365. The summed E-state index contributed by atoms with van der Waals surface area (Å²) in [7, 11) is -2.23. The van der Waals surface area contributed by atoms with Gasteiger partial charge >= 0.3 is 0 Å². The predicted octanol–water partition coefficient (Wildman–Crippen LogP) is 3.94. The maximum atomic E-state index is 13.0. The van der Waals surface area contributed by atoms with Gasteiger partial charge in [-0.25, -0.2) is 8.42 Å². The van der Waals surface area contributed by atoms with Crippen molar-refractivity contribution in [3.05, 3.63) is 62.6 Å². The highest BCUT2D eigenvalue weighted by Gasteiger charge is 2.29. The van der Waals surface area contributed by atoms with Gasteiger partial charge in [-0.05, 0) is 29.8 Å². The first-order valence-electron chi connectivity index (χ1n) is 8.77. The van der Waals surface area contributed by atoms with E-state index in [-0.39, 0.29) is 41.0 Å². The number of carbonyl (C=O) groups is 1. The Labute approximate surface area is 185 Å². The minimum Gasteiger partial charge on any atom is -0.379 e. The van der Waals surface area contributed by atoms with E-state index >= 15 is 0 Å². The number of hydrogen-bond donors (Lipinski definition) is 0. The summed E-state index contributed by atoms with van der Waals surface area (Å²) >= 11 is 18.4. The van der Waals surface area contributed by atoms with Gasteiger partial charge in [0.15, 0.2) is 0 Å². The minimum atomic E-state index is -3.83. The third-order valence-corrected chi connectivity index (χ3v) is 7.79. The van der Waals surface area contributed by atoms with Crippen molar-refractivity contribution in [3.8, 4) is 0 Å². The van der Waals surface area contributed by atoms with E-state index in [1.807, 2.05) is 0 Å². The van der Waals surface area contributed by atoms with E-state index in [1.165, 1.54) is 27.4 Å². The van der Waals surface area contributed by atoms with Gasteiger partial charge in [0.25, 0.3) is 5.91 Å². The molecule has 10 heteroatoms. The lowest BCUT2D eigenvalue weighted by atomic mass is 10.1. The van der Waals surface area contributed by atoms with Crippen LogP contribution >= 0.6 is 34.8 Å². The van der Waals surface area contributed by atoms with Crippen molar-refractivity contribution in [1.82, 2.24) is 9.21 Å². The Balaban J connectivity index is 1.86. The number of morpholine rings is 1. The molecular formula is C19H19Cl3N2O4S. The molecule has 0 atom stereocenters. The van der Waals surface area contributed by atoms with Crippen molar-refractivity contribution < 1.29 is 17.9 Å². The molecule has 1 heterocycles. The first kappa shape index (κ1) is 22.3. The molecule has 6 nitrogen and oxygen atoms in total. The molecule has 2 aromatic rings. The van der Waals surface area contributed by atoms with Crippen LogP contribution in [-0.2, 0) is 21.3 Å². The zero-order valence-electron chi connectivity index (χ0n) is 15.6. The number of amides is 1. The Morgan fingerprint density at radius 3 is 2.48 bits per heavy atom. The Hall–Kier alpha value is -1.35. The Bertz CT molecular complexity index is 1020. The van der Waals surface area contributed by atoms with Crippen LogP contribution in [0, 0.1) is 0 Å². The lowest BCUT2D eigenvalue weighted by Crippen LogP contribution is -2.40. The maximum absolute atomic E-state index is 13.0. The van der Waals surface area contributed by atoms with E-state index in [1.54, 1.807) is 25.2 Å². The summed E-state index contributed by atoms with van der Waals surface area (Å²) in [6.45, 7) is 1.33. The summed E-state index contributed by atoms with van der Waals surface area (Å²) < 4.78 is 32.4. The quantitative estimate of drug-likeness (QED) is 0.654. The van der Waals surface area contributed by atoms with Crippen molar-refractivity contribution >= 4 is 50.7 Å². The number of sulfonamides is 1. The van der Waals surface area contributed by atoms with Crippen molar-refractivity contribution in [1.29, 1.82) is 0 Å². The van der Waals surface area contributed by atoms with Gasteiger partial charge in [0.05, 0.1) is 28.3 Å². The Kier molecular flexibility index (Phi) is 7.09. The SMILES string of the molecule is CN(Cc1cccc(Cl)c1Cl)C(=O)c1ccc(Cl)c(S(=O)(=O)N2CCOCC2)c1. The molecule has 29 heavy (non-hydrogen) atoms. The topological polar surface area (TPSA) is 66.9 Å². The Morgan fingerprint density at radius 2 is 1.79 bits per heavy atom. The molecular weight excluding hydrogens is 459 g/mol. The summed E-state index contributed by atoms with van der Waals surface area (Å²) in [4.78, 5) is 14.2. The number of benzene rings is 2. The Morgan fingerprint density at radius 1 is 1.10 bits per heavy atom. The second kappa shape index (κ2) is 9.20. The van der Waals surface area contributed by atoms with Crippen LogP contribution in [0.2, 0.25) is 15.1 Å². The molecule has 0 saturated carbocycles. The molecule has 1 saturated heterocycles. The van der Waals surface area contributed by atoms with Crippen LogP contribution in [0.5, 0.6) is 0 Å². The van der Waals surface area contributed by atoms with E-state index in [9.17, 15) is 13.2 Å². The van der Waals surface area contributed by atoms with Crippen molar-refractivity contribution in [3.63, 3.8) is 0 Å². The van der Waals surface area contributed by atoms with Crippen LogP contribution in [-0.4, -0.2) is 56.9 Å². The van der Waals surface area contributed by atoms with Crippen LogP contribution in [0.25, 0.3) is 0 Å². The standard InChI is InChI=1S/C19H19Cl3N2O4S/c1-23(12-14-3-2-4-16(21)18(14)22)19(25)13-5-6-15(20)17(11-13)29(26,27)24-7-9-28-10-8-24/h2-6,11H,7-10,12H2,1H3. The first-order chi connectivity index (χ1) is 13.7. The van der Waals surface area contributed by atoms with Gasteiger partial charge in [-0.1, -0.05) is 46.9 Å². The minimum absolute atomic E-state index is 0.0635. The van der Waals surface area contributed by atoms with E-state index in [0.717, 1.165) is 0 Å². The summed E-state index contributed by atoms with van der Waals surface area (Å²) in [6.07, 6.45) is 0. The molecule has 0 aromatic heterocycles. The number of hydrogen-bond acceptors (Lipinski definition) is 4. The van der Waals surface area contributed by atoms with E-state index in [4.69, 9.17) is 39.5 Å². The molecule has 0 bridgehead atoms. The third kappa shape index (κ3) is 4.87. The normalized spacial score (nSPS) is 15.3. The molecule has 0 aliphatic carbocycles. The van der Waals surface area contributed by atoms with Crippen LogP contribution in [0.1, 0.15) is 15.9 Å². The number of halogens is 3. The monoisotopic (exact) mass is 476 g/mol. The molecule has 0 spiro atoms. The molecule has 1 amide bonds. The average molecular weight is 478 g/mol. The molecule has 1 aliphatic heterocycles. The highest BCUT2D eigenvalue weighted by molar-refractivity contribution is 7.89. The van der Waals surface area contributed by atoms with Gasteiger partial charge in [-0.3, -0.25) is 4.79 Å². The number of rotatable bonds is 5. The van der Waals surface area contributed by atoms with Crippen molar-refractivity contribution in [2.24, 2.45) is 0 Å². The van der Waals surface area contributed by atoms with Crippen LogP contribution in [0.3, 0.4) is 0 Å². The van der Waals surface area contributed by atoms with Crippen LogP contribution < -0.4 is 0 Å². The van der Waals surface area contributed by atoms with E-state index in [0.29, 0.717) is 28.8 Å². The second-order valence-corrected chi connectivity index (χ2v) is 9.63. The van der Waals surface area contributed by atoms with Crippen molar-refractivity contribution in [2.75, 3.05) is 33.4 Å². The van der Waals surface area contributed by atoms with Gasteiger partial charge < -0.3 is 9.64 Å². The number of carbonyl (C=O) groups excluding carboxylic acids is 1. The molecule has 0 radical (unpaired) electrons. The van der Waals surface area contributed by atoms with Gasteiger partial charge in [0, 0.05) is 32.2 Å². The molecule has 1 aliphatic rings. The molecule has 1 fully saturated rings. The largest absolute Gasteiger partial charge is 0.379 e. The fourth-order valence-electron chi connectivity index (χ4n) is 2.98. The predicted molar refractivity (Wildman–Crippen MR) is 113 cm³/mol. The highest BCUT2D eigenvalue weighted by Crippen LogP contribution is 2.29. The molecule has 0 unspecified atom stereocenters. The van der Waals surface area contributed by atoms with Crippen LogP contribution in [0.4, 0.5) is 0 Å². The summed E-state index contributed by atoms with van der Waals surface area (Å²) in [6, 6.07) is 9.41. The first-order valence-corrected chi connectivity index (χ1v) is 11.3. The van der Waals surface area contributed by atoms with E-state index < -0.39 is 10.0 Å². The van der Waals surface area contributed by atoms with Gasteiger partial charge in [-0.15, -0.1) is 0 Å². The summed E-state index contributed by atoms with van der Waals surface area (Å²) in [5, 5.41) is 0.837. The lowest BCUT2D eigenvalue weighted by molar-refractivity contribution is 0.0730. The molecule has 2 aromatic carbocycles. The molecule has 156 valence electrons. The fraction of sp³-hybridized carbons (Fsp3) is 0.316. The third-order valence-electron chi connectivity index (χ3n) is 4.55. The van der Waals surface area contributed by atoms with Gasteiger partial charge in [0.1, 0.15) is 4.90 Å². The van der Waals surface area contributed by atoms with Crippen LogP contribution in [0.15, 0.2) is 41.3 Å². The zero-order valence-corrected chi connectivity index (χ0v) is 18.7. The number of nitrogens with zero attached hydrogens (tertiary/aromatic N) is 2. The van der Waals surface area contributed by atoms with E-state index in [2.05, 4.69) is 0 Å². The average Bonchev–Trinajstić information content (AvgIpc) is 2.71. The zero-order chi connectivity index (χ0) is 21.2. The maximum Gasteiger partial charge on any atom is 0.253 e. The molecule has 0 N–H and O–H groups in total. The lowest BCUT2D eigenvalue weighted by Gasteiger charge is -2.26. The highest BCUT2D eigenvalue weighted by atomic mass is 35.5. The second-order valence-electron chi connectivity index (χ2n) is 6.54. The van der Waals surface area contributed by atoms with Crippen molar-refractivity contribution in [2.45, 2.75) is 11.4 Å². The number of ether oxygens (including phenoxy) is 1. The summed E-state index contributed by atoms with van der Waals surface area (Å²) in [5.41, 5.74) is 0.895. The fourth-order valence-corrected chi connectivity index (χ4v) is 5.27. The smallest absolute Gasteiger partial charge is 0.253 e. The van der Waals surface area contributed by atoms with Gasteiger partial charge in [0.2, 0.25) is 10.0 Å².